The van der Waals surface area contributed by atoms with Gasteiger partial charge in [0.25, 0.3) is 0 Å². The van der Waals surface area contributed by atoms with E-state index in [0.29, 0.717) is 12.1 Å². The van der Waals surface area contributed by atoms with Gasteiger partial charge in [0, 0.05) is 0 Å². The first-order valence-corrected chi connectivity index (χ1v) is 9.76. The predicted octanol–water partition coefficient (Wildman–Crippen LogP) is 6.38. The number of rotatable bonds is 3. The van der Waals surface area contributed by atoms with Crippen molar-refractivity contribution < 1.29 is 45.3 Å². The molecule has 0 saturated heterocycles. The summed E-state index contributed by atoms with van der Waals surface area (Å²) in [6.45, 7) is 0. The number of halogens is 8. The maximum atomic E-state index is 14.9. The predicted molar refractivity (Wildman–Crippen MR) is 115 cm³/mol. The van der Waals surface area contributed by atoms with Crippen LogP contribution in [0.2, 0.25) is 0 Å². The molecule has 0 amide bonds. The van der Waals surface area contributed by atoms with Crippen molar-refractivity contribution in [3.8, 4) is 44.9 Å². The molecule has 4 aromatic rings. The smallest absolute Gasteiger partial charge is 0.170 e. The molecule has 4 rings (SSSR count). The Labute approximate surface area is 196 Å². The summed E-state index contributed by atoms with van der Waals surface area (Å²) in [6, 6.07) is 5.06. The van der Waals surface area contributed by atoms with Crippen molar-refractivity contribution in [3.63, 3.8) is 0 Å². The fourth-order valence-corrected chi connectivity index (χ4v) is 3.61. The van der Waals surface area contributed by atoms with E-state index in [1.54, 1.807) is 0 Å². The van der Waals surface area contributed by atoms with Crippen LogP contribution in [0.3, 0.4) is 0 Å². The molecule has 12 heteroatoms. The lowest BCUT2D eigenvalue weighted by Gasteiger charge is -2.16. The highest BCUT2D eigenvalue weighted by Gasteiger charge is 2.34. The lowest BCUT2D eigenvalue weighted by Crippen LogP contribution is -2.09. The molecule has 0 aliphatic heterocycles. The summed E-state index contributed by atoms with van der Waals surface area (Å²) in [5, 5.41) is 19.3. The van der Waals surface area contributed by atoms with Crippen molar-refractivity contribution in [2.45, 2.75) is 0 Å². The molecular weight excluding hydrogens is 500 g/mol. The lowest BCUT2D eigenvalue weighted by molar-refractivity contribution is 0.445. The van der Waals surface area contributed by atoms with E-state index in [1.165, 1.54) is 0 Å². The van der Waals surface area contributed by atoms with Crippen molar-refractivity contribution in [2.75, 3.05) is 11.5 Å². The summed E-state index contributed by atoms with van der Waals surface area (Å²) in [7, 11) is 0. The summed E-state index contributed by atoms with van der Waals surface area (Å²) >= 11 is 0. The Bertz CT molecular complexity index is 1400. The molecule has 0 aliphatic carbocycles. The highest BCUT2D eigenvalue weighted by atomic mass is 19.2. The molecule has 0 fully saturated rings. The third kappa shape index (κ3) is 3.61. The monoisotopic (exact) mass is 512 g/mol. The fourth-order valence-electron chi connectivity index (χ4n) is 3.61. The highest BCUT2D eigenvalue weighted by molar-refractivity contribution is 5.79. The molecule has 0 bridgehead atoms. The fraction of sp³-hybridized carbons (Fsp3) is 0. The topological polar surface area (TPSA) is 92.5 Å². The van der Waals surface area contributed by atoms with E-state index in [4.69, 9.17) is 11.5 Å². The summed E-state index contributed by atoms with van der Waals surface area (Å²) in [5.41, 5.74) is 2.23. The van der Waals surface area contributed by atoms with E-state index in [2.05, 4.69) is 0 Å². The van der Waals surface area contributed by atoms with Crippen LogP contribution in [0.5, 0.6) is 11.5 Å². The van der Waals surface area contributed by atoms with E-state index in [-0.39, 0.29) is 11.4 Å². The van der Waals surface area contributed by atoms with Gasteiger partial charge in [-0.15, -0.1) is 0 Å². The summed E-state index contributed by atoms with van der Waals surface area (Å²) < 4.78 is 119. The molecule has 36 heavy (non-hydrogen) atoms. The highest BCUT2D eigenvalue weighted by Crippen LogP contribution is 2.43. The third-order valence-corrected chi connectivity index (χ3v) is 5.41. The Morgan fingerprint density at radius 1 is 0.417 bits per heavy atom. The normalized spacial score (nSPS) is 11.2. The third-order valence-electron chi connectivity index (χ3n) is 5.41. The van der Waals surface area contributed by atoms with E-state index >= 15 is 0 Å². The van der Waals surface area contributed by atoms with Gasteiger partial charge < -0.3 is 21.7 Å². The molecule has 0 aromatic heterocycles. The molecular formula is C24H12F8N2O2. The number of hydrogen-bond acceptors (Lipinski definition) is 4. The number of nitrogen functional groups attached to an aromatic ring is 2. The molecule has 4 nitrogen and oxygen atoms in total. The van der Waals surface area contributed by atoms with Crippen LogP contribution in [0.25, 0.3) is 33.4 Å². The molecule has 186 valence electrons. The number of phenolic OH excluding ortho intramolecular Hbond substituents is 2. The molecule has 0 aliphatic rings. The van der Waals surface area contributed by atoms with Crippen LogP contribution in [-0.4, -0.2) is 10.2 Å². The van der Waals surface area contributed by atoms with Gasteiger partial charge in [-0.05, 0) is 35.4 Å². The average molecular weight is 512 g/mol. The largest absolute Gasteiger partial charge is 0.506 e. The van der Waals surface area contributed by atoms with Crippen LogP contribution in [0, 0.1) is 46.5 Å². The number of nitrogens with two attached hydrogens (primary N) is 2. The minimum Gasteiger partial charge on any atom is -0.506 e. The van der Waals surface area contributed by atoms with Crippen molar-refractivity contribution in [1.82, 2.24) is 0 Å². The van der Waals surface area contributed by atoms with Crippen LogP contribution < -0.4 is 11.5 Å². The van der Waals surface area contributed by atoms with Gasteiger partial charge in [0.05, 0.1) is 33.6 Å². The van der Waals surface area contributed by atoms with Crippen LogP contribution in [0.15, 0.2) is 36.4 Å². The Balaban J connectivity index is 2.01. The zero-order chi connectivity index (χ0) is 26.6. The maximum Gasteiger partial charge on any atom is 0.170 e. The second-order valence-corrected chi connectivity index (χ2v) is 7.56. The second kappa shape index (κ2) is 8.63. The Morgan fingerprint density at radius 3 is 0.917 bits per heavy atom. The quantitative estimate of drug-likeness (QED) is 0.111. The van der Waals surface area contributed by atoms with Crippen molar-refractivity contribution in [1.29, 1.82) is 0 Å². The number of aromatic hydroxyl groups is 2. The lowest BCUT2D eigenvalue weighted by atomic mass is 9.93. The molecule has 0 unspecified atom stereocenters. The number of anilines is 2. The minimum absolute atomic E-state index is 0.235. The zero-order valence-corrected chi connectivity index (χ0v) is 17.5. The van der Waals surface area contributed by atoms with Gasteiger partial charge in [-0.25, -0.2) is 35.1 Å². The van der Waals surface area contributed by atoms with Gasteiger partial charge in [-0.2, -0.15) is 0 Å². The zero-order valence-electron chi connectivity index (χ0n) is 17.5. The Kier molecular flexibility index (Phi) is 5.91. The molecule has 0 radical (unpaired) electrons. The first-order chi connectivity index (χ1) is 16.9. The van der Waals surface area contributed by atoms with Crippen molar-refractivity contribution >= 4 is 11.4 Å². The first kappa shape index (κ1) is 24.6. The van der Waals surface area contributed by atoms with E-state index in [0.717, 1.165) is 24.3 Å². The van der Waals surface area contributed by atoms with Gasteiger partial charge in [-0.3, -0.25) is 0 Å². The Morgan fingerprint density at radius 2 is 0.667 bits per heavy atom. The summed E-state index contributed by atoms with van der Waals surface area (Å²) in [4.78, 5) is 0. The van der Waals surface area contributed by atoms with Crippen molar-refractivity contribution in [3.05, 3.63) is 82.9 Å². The molecule has 0 saturated carbocycles. The standard InChI is InChI=1S/C24H12F8N2O2/c25-17-13(7-1-3-9(33)11(35)5-7)18(26)22(30)15(21(17)29)16-23(31)19(27)14(20(28)24(16)32)8-2-4-10(34)12(36)6-8/h1-6,35-36H,33-34H2. The number of phenols is 2. The van der Waals surface area contributed by atoms with Gasteiger partial charge >= 0.3 is 0 Å². The summed E-state index contributed by atoms with van der Waals surface area (Å²) in [5.74, 6) is -19.5. The molecule has 0 spiro atoms. The first-order valence-electron chi connectivity index (χ1n) is 9.76. The SMILES string of the molecule is Nc1ccc(-c2c(F)c(F)c(-c3c(F)c(F)c(-c4ccc(N)c(O)c4)c(F)c3F)c(F)c2F)cc1O. The van der Waals surface area contributed by atoms with Crippen molar-refractivity contribution in [2.24, 2.45) is 0 Å². The molecule has 0 heterocycles. The van der Waals surface area contributed by atoms with Crippen LogP contribution >= 0.6 is 0 Å². The number of hydrogen-bond donors (Lipinski definition) is 4. The second-order valence-electron chi connectivity index (χ2n) is 7.56. The average Bonchev–Trinajstić information content (AvgIpc) is 2.83. The van der Waals surface area contributed by atoms with E-state index in [9.17, 15) is 45.3 Å². The van der Waals surface area contributed by atoms with Crippen LogP contribution in [0.4, 0.5) is 46.5 Å². The Hall–Kier alpha value is -4.48. The molecule has 4 aromatic carbocycles. The van der Waals surface area contributed by atoms with E-state index < -0.39 is 91.4 Å². The van der Waals surface area contributed by atoms with Gasteiger partial charge in [0.15, 0.2) is 46.5 Å². The van der Waals surface area contributed by atoms with E-state index in [1.807, 2.05) is 0 Å². The summed E-state index contributed by atoms with van der Waals surface area (Å²) in [6.07, 6.45) is 0. The van der Waals surface area contributed by atoms with Gasteiger partial charge in [-0.1, -0.05) is 12.1 Å². The number of benzene rings is 4. The maximum absolute atomic E-state index is 14.9. The van der Waals surface area contributed by atoms with Gasteiger partial charge in [0.2, 0.25) is 0 Å². The van der Waals surface area contributed by atoms with Crippen LogP contribution in [-0.2, 0) is 0 Å². The van der Waals surface area contributed by atoms with Gasteiger partial charge in [0.1, 0.15) is 11.5 Å². The van der Waals surface area contributed by atoms with Crippen LogP contribution in [0.1, 0.15) is 0 Å². The minimum atomic E-state index is -2.37. The molecule has 0 atom stereocenters. The molecule has 6 N–H and O–H groups in total.